The van der Waals surface area contributed by atoms with E-state index in [-0.39, 0.29) is 5.41 Å². The van der Waals surface area contributed by atoms with Crippen LogP contribution in [-0.2, 0) is 5.41 Å². The van der Waals surface area contributed by atoms with Gasteiger partial charge in [0, 0.05) is 10.4 Å². The standard InChI is InChI=1S/C31H23Cl/c1-31(2)27-14-4-3-10-26(27)30-25(13-7-15-28(30)31)24-12-6-9-21-8-5-11-23(29(21)24)20-16-18-22(32)19-17-20/h3-19H,1-2H3. The molecule has 0 nitrogen and oxygen atoms in total. The van der Waals surface area contributed by atoms with Gasteiger partial charge in [-0.15, -0.1) is 0 Å². The number of hydrogen-bond acceptors (Lipinski definition) is 0. The summed E-state index contributed by atoms with van der Waals surface area (Å²) in [5, 5.41) is 3.29. The summed E-state index contributed by atoms with van der Waals surface area (Å²) in [6, 6.07) is 37.0. The molecule has 0 N–H and O–H groups in total. The van der Waals surface area contributed by atoms with Crippen molar-refractivity contribution in [2.24, 2.45) is 0 Å². The van der Waals surface area contributed by atoms with Crippen LogP contribution in [0.25, 0.3) is 44.2 Å². The third-order valence-electron chi connectivity index (χ3n) is 6.96. The van der Waals surface area contributed by atoms with Crippen molar-refractivity contribution < 1.29 is 0 Å². The molecule has 0 spiro atoms. The lowest BCUT2D eigenvalue weighted by Crippen LogP contribution is -2.14. The molecule has 0 amide bonds. The number of fused-ring (bicyclic) bond motifs is 4. The Morgan fingerprint density at radius 2 is 1.12 bits per heavy atom. The second-order valence-corrected chi connectivity index (χ2v) is 9.55. The normalized spacial score (nSPS) is 13.7. The average molecular weight is 431 g/mol. The number of rotatable bonds is 2. The molecule has 0 unspecified atom stereocenters. The minimum Gasteiger partial charge on any atom is -0.0843 e. The molecule has 5 aromatic rings. The Morgan fingerprint density at radius 1 is 0.531 bits per heavy atom. The van der Waals surface area contributed by atoms with Crippen molar-refractivity contribution >= 4 is 22.4 Å². The van der Waals surface area contributed by atoms with E-state index in [9.17, 15) is 0 Å². The fraction of sp³-hybridized carbons (Fsp3) is 0.0968. The fourth-order valence-electron chi connectivity index (χ4n) is 5.41. The highest BCUT2D eigenvalue weighted by Gasteiger charge is 2.36. The molecule has 0 aromatic heterocycles. The van der Waals surface area contributed by atoms with Gasteiger partial charge in [-0.2, -0.15) is 0 Å². The van der Waals surface area contributed by atoms with Crippen LogP contribution in [0.1, 0.15) is 25.0 Å². The second kappa shape index (κ2) is 7.08. The molecule has 1 aliphatic carbocycles. The maximum absolute atomic E-state index is 6.18. The highest BCUT2D eigenvalue weighted by molar-refractivity contribution is 6.30. The van der Waals surface area contributed by atoms with Gasteiger partial charge in [0.1, 0.15) is 0 Å². The van der Waals surface area contributed by atoms with E-state index < -0.39 is 0 Å². The largest absolute Gasteiger partial charge is 0.0843 e. The third kappa shape index (κ3) is 2.76. The zero-order chi connectivity index (χ0) is 21.9. The van der Waals surface area contributed by atoms with Crippen molar-refractivity contribution in [3.05, 3.63) is 119 Å². The molecule has 0 saturated heterocycles. The molecule has 0 atom stereocenters. The van der Waals surface area contributed by atoms with Crippen molar-refractivity contribution in [1.29, 1.82) is 0 Å². The molecular weight excluding hydrogens is 408 g/mol. The Kier molecular flexibility index (Phi) is 4.28. The van der Waals surface area contributed by atoms with Crippen LogP contribution in [0.2, 0.25) is 5.02 Å². The van der Waals surface area contributed by atoms with Gasteiger partial charge in [-0.3, -0.25) is 0 Å². The Morgan fingerprint density at radius 3 is 1.91 bits per heavy atom. The van der Waals surface area contributed by atoms with Crippen molar-refractivity contribution in [3.63, 3.8) is 0 Å². The fourth-order valence-corrected chi connectivity index (χ4v) is 5.54. The second-order valence-electron chi connectivity index (χ2n) is 9.11. The van der Waals surface area contributed by atoms with Gasteiger partial charge in [0.05, 0.1) is 0 Å². The summed E-state index contributed by atoms with van der Waals surface area (Å²) in [5.41, 5.74) is 10.5. The molecule has 0 bridgehead atoms. The van der Waals surface area contributed by atoms with Crippen LogP contribution in [-0.4, -0.2) is 0 Å². The average Bonchev–Trinajstić information content (AvgIpc) is 3.06. The molecule has 0 heterocycles. The minimum absolute atomic E-state index is 0.00840. The van der Waals surface area contributed by atoms with Crippen LogP contribution in [0.15, 0.2) is 103 Å². The zero-order valence-corrected chi connectivity index (χ0v) is 18.9. The van der Waals surface area contributed by atoms with E-state index in [2.05, 4.69) is 105 Å². The quantitative estimate of drug-likeness (QED) is 0.262. The first-order valence-corrected chi connectivity index (χ1v) is 11.4. The minimum atomic E-state index is -0.00840. The van der Waals surface area contributed by atoms with Gasteiger partial charge in [0.25, 0.3) is 0 Å². The molecule has 0 aliphatic heterocycles. The van der Waals surface area contributed by atoms with E-state index in [1.807, 2.05) is 12.1 Å². The Hall–Kier alpha value is -3.35. The van der Waals surface area contributed by atoms with Crippen molar-refractivity contribution in [1.82, 2.24) is 0 Å². The van der Waals surface area contributed by atoms with Crippen LogP contribution >= 0.6 is 11.6 Å². The van der Waals surface area contributed by atoms with E-state index in [0.29, 0.717) is 0 Å². The lowest BCUT2D eigenvalue weighted by atomic mass is 9.81. The molecule has 1 heteroatoms. The molecule has 154 valence electrons. The van der Waals surface area contributed by atoms with Crippen LogP contribution in [0, 0.1) is 0 Å². The number of benzene rings is 5. The third-order valence-corrected chi connectivity index (χ3v) is 7.21. The topological polar surface area (TPSA) is 0 Å². The van der Waals surface area contributed by atoms with Gasteiger partial charge < -0.3 is 0 Å². The summed E-state index contributed by atoms with van der Waals surface area (Å²) < 4.78 is 0. The highest BCUT2D eigenvalue weighted by atomic mass is 35.5. The maximum Gasteiger partial charge on any atom is 0.0406 e. The van der Waals surface area contributed by atoms with Gasteiger partial charge in [-0.25, -0.2) is 0 Å². The zero-order valence-electron chi connectivity index (χ0n) is 18.2. The molecule has 6 rings (SSSR count). The first-order valence-electron chi connectivity index (χ1n) is 11.1. The van der Waals surface area contributed by atoms with Crippen molar-refractivity contribution in [2.75, 3.05) is 0 Å². The van der Waals surface area contributed by atoms with Crippen LogP contribution in [0.3, 0.4) is 0 Å². The molecule has 0 fully saturated rings. The Bertz CT molecular complexity index is 1480. The molecule has 0 radical (unpaired) electrons. The summed E-state index contributed by atoms with van der Waals surface area (Å²) in [5.74, 6) is 0. The van der Waals surface area contributed by atoms with Gasteiger partial charge in [0.15, 0.2) is 0 Å². The number of halogens is 1. The molecular formula is C31H23Cl. The lowest BCUT2D eigenvalue weighted by molar-refractivity contribution is 0.660. The van der Waals surface area contributed by atoms with Gasteiger partial charge in [-0.05, 0) is 67.4 Å². The summed E-state index contributed by atoms with van der Waals surface area (Å²) in [4.78, 5) is 0. The van der Waals surface area contributed by atoms with E-state index in [1.54, 1.807) is 0 Å². The highest BCUT2D eigenvalue weighted by Crippen LogP contribution is 2.53. The molecule has 0 saturated carbocycles. The smallest absolute Gasteiger partial charge is 0.0406 e. The van der Waals surface area contributed by atoms with Crippen molar-refractivity contribution in [2.45, 2.75) is 19.3 Å². The SMILES string of the molecule is CC1(C)c2ccccc2-c2c(-c3cccc4cccc(-c5ccc(Cl)cc5)c34)cccc21. The van der Waals surface area contributed by atoms with Gasteiger partial charge >= 0.3 is 0 Å². The first-order chi connectivity index (χ1) is 15.6. The number of hydrogen-bond donors (Lipinski definition) is 0. The summed E-state index contributed by atoms with van der Waals surface area (Å²) in [6.07, 6.45) is 0. The summed E-state index contributed by atoms with van der Waals surface area (Å²) >= 11 is 6.18. The van der Waals surface area contributed by atoms with Gasteiger partial charge in [-0.1, -0.05) is 116 Å². The predicted octanol–water partition coefficient (Wildman–Crippen LogP) is 9.13. The molecule has 32 heavy (non-hydrogen) atoms. The van der Waals surface area contributed by atoms with E-state index in [0.717, 1.165) is 5.02 Å². The van der Waals surface area contributed by atoms with E-state index >= 15 is 0 Å². The van der Waals surface area contributed by atoms with Crippen LogP contribution < -0.4 is 0 Å². The van der Waals surface area contributed by atoms with Gasteiger partial charge in [0.2, 0.25) is 0 Å². The predicted molar refractivity (Wildman–Crippen MR) is 137 cm³/mol. The lowest BCUT2D eigenvalue weighted by Gasteiger charge is -2.22. The summed E-state index contributed by atoms with van der Waals surface area (Å²) in [7, 11) is 0. The van der Waals surface area contributed by atoms with Crippen LogP contribution in [0.4, 0.5) is 0 Å². The van der Waals surface area contributed by atoms with Crippen molar-refractivity contribution in [3.8, 4) is 33.4 Å². The first kappa shape index (κ1) is 19.3. The maximum atomic E-state index is 6.18. The monoisotopic (exact) mass is 430 g/mol. The Balaban J connectivity index is 1.70. The van der Waals surface area contributed by atoms with E-state index in [4.69, 9.17) is 11.6 Å². The van der Waals surface area contributed by atoms with E-state index in [1.165, 1.54) is 55.3 Å². The molecule has 1 aliphatic rings. The summed E-state index contributed by atoms with van der Waals surface area (Å²) in [6.45, 7) is 4.67. The van der Waals surface area contributed by atoms with Crippen LogP contribution in [0.5, 0.6) is 0 Å². The Labute approximate surface area is 194 Å². The molecule has 5 aromatic carbocycles.